The summed E-state index contributed by atoms with van der Waals surface area (Å²) in [6.07, 6.45) is 3.47. The van der Waals surface area contributed by atoms with Crippen LogP contribution in [0.5, 0.6) is 0 Å². The van der Waals surface area contributed by atoms with Gasteiger partial charge in [-0.2, -0.15) is 16.7 Å². The van der Waals surface area contributed by atoms with E-state index in [9.17, 15) is 4.79 Å². The summed E-state index contributed by atoms with van der Waals surface area (Å²) in [5.41, 5.74) is 7.79. The van der Waals surface area contributed by atoms with E-state index in [1.54, 1.807) is 24.4 Å². The van der Waals surface area contributed by atoms with Gasteiger partial charge in [-0.25, -0.2) is 4.98 Å². The van der Waals surface area contributed by atoms with Crippen LogP contribution in [0.15, 0.2) is 24.4 Å². The van der Waals surface area contributed by atoms with E-state index in [0.717, 1.165) is 21.8 Å². The monoisotopic (exact) mass is 235 g/mol. The number of nitrogens with two attached hydrogens (primary N) is 1. The molecule has 0 saturated heterocycles. The number of nitrogens with zero attached hydrogens (tertiary/aromatic N) is 2. The van der Waals surface area contributed by atoms with Crippen molar-refractivity contribution in [2.24, 2.45) is 0 Å². The van der Waals surface area contributed by atoms with Gasteiger partial charge in [-0.3, -0.25) is 5.10 Å². The fourth-order valence-electron chi connectivity index (χ4n) is 1.77. The molecule has 0 saturated carbocycles. The van der Waals surface area contributed by atoms with Crippen LogP contribution in [0.4, 0.5) is 5.82 Å². The second-order valence-electron chi connectivity index (χ2n) is 3.49. The summed E-state index contributed by atoms with van der Waals surface area (Å²) in [5.74, 6) is 0.430. The van der Waals surface area contributed by atoms with Crippen LogP contribution < -0.4 is 24.6 Å². The van der Waals surface area contributed by atoms with Crippen LogP contribution in [0.25, 0.3) is 21.8 Å². The smallest absolute Gasteiger partial charge is 0.870 e. The molecular formula is C11H8LiN4O2-. The number of hydrogen-bond acceptors (Lipinski definition) is 5. The molecule has 0 amide bonds. The molecule has 0 unspecified atom stereocenters. The van der Waals surface area contributed by atoms with Gasteiger partial charge in [-0.1, -0.05) is 6.07 Å². The molecule has 7 heteroatoms. The number of H-pyrrole nitrogens is 1. The summed E-state index contributed by atoms with van der Waals surface area (Å²) in [4.78, 5) is 14.8. The zero-order valence-corrected chi connectivity index (χ0v) is 9.64. The first-order valence-electron chi connectivity index (χ1n) is 4.70. The van der Waals surface area contributed by atoms with Crippen LogP contribution in [0.1, 0.15) is 5.56 Å². The van der Waals surface area contributed by atoms with Crippen molar-refractivity contribution in [3.63, 3.8) is 0 Å². The molecule has 1 aromatic carbocycles. The Bertz CT molecular complexity index is 711. The number of nitrogen functional groups attached to an aromatic ring is 1. The molecule has 6 nitrogen and oxygen atoms in total. The minimum atomic E-state index is 0. The first-order chi connectivity index (χ1) is 7.79. The quantitative estimate of drug-likeness (QED) is 0.373. The fraction of sp³-hybridized carbons (Fsp3) is 0. The van der Waals surface area contributed by atoms with Gasteiger partial charge in [0.05, 0.1) is 28.9 Å². The Morgan fingerprint density at radius 2 is 2.06 bits per heavy atom. The van der Waals surface area contributed by atoms with Crippen LogP contribution in [0.3, 0.4) is 0 Å². The third-order valence-electron chi connectivity index (χ3n) is 2.54. The van der Waals surface area contributed by atoms with E-state index in [1.165, 1.54) is 0 Å². The molecule has 0 atom stereocenters. The van der Waals surface area contributed by atoms with Crippen LogP contribution in [-0.2, 0) is 4.79 Å². The normalized spacial score (nSPS) is 9.78. The number of carbonyl (C=O) groups excluding carboxylic acids is 1. The maximum Gasteiger partial charge on any atom is 1.00 e. The van der Waals surface area contributed by atoms with Crippen molar-refractivity contribution in [2.75, 3.05) is 5.73 Å². The third kappa shape index (κ3) is 1.97. The SMILES string of the molecule is Nc1nc2ccc([C-]=O)cc2c2[nH]ncc12.[Li+].[OH-]. The topological polar surface area (TPSA) is 115 Å². The van der Waals surface area contributed by atoms with Crippen LogP contribution in [-0.4, -0.2) is 26.9 Å². The van der Waals surface area contributed by atoms with E-state index in [-0.39, 0.29) is 24.3 Å². The van der Waals surface area contributed by atoms with E-state index in [4.69, 9.17) is 5.73 Å². The van der Waals surface area contributed by atoms with Crippen molar-refractivity contribution in [3.05, 3.63) is 30.0 Å². The molecule has 3 rings (SSSR count). The predicted molar refractivity (Wildman–Crippen MR) is 62.5 cm³/mol. The predicted octanol–water partition coefficient (Wildman–Crippen LogP) is -2.02. The van der Waals surface area contributed by atoms with Crippen LogP contribution in [0, 0.1) is 0 Å². The number of aromatic amines is 1. The first-order valence-corrected chi connectivity index (χ1v) is 4.70. The maximum atomic E-state index is 10.6. The number of hydrogen-bond donors (Lipinski definition) is 2. The van der Waals surface area contributed by atoms with Gasteiger partial charge < -0.3 is 16.0 Å². The average Bonchev–Trinajstić information content (AvgIpc) is 2.78. The molecule has 0 aliphatic rings. The summed E-state index contributed by atoms with van der Waals surface area (Å²) in [6, 6.07) is 5.12. The molecule has 0 radical (unpaired) electrons. The van der Waals surface area contributed by atoms with Gasteiger partial charge in [0.1, 0.15) is 5.82 Å². The van der Waals surface area contributed by atoms with E-state index < -0.39 is 0 Å². The molecule has 0 fully saturated rings. The van der Waals surface area contributed by atoms with Crippen LogP contribution >= 0.6 is 0 Å². The van der Waals surface area contributed by atoms with Crippen LogP contribution in [0.2, 0.25) is 0 Å². The third-order valence-corrected chi connectivity index (χ3v) is 2.54. The van der Waals surface area contributed by atoms with Gasteiger partial charge in [0.25, 0.3) is 0 Å². The number of pyridine rings is 1. The molecule has 86 valence electrons. The summed E-state index contributed by atoms with van der Waals surface area (Å²) in [5, 5.41) is 8.36. The van der Waals surface area contributed by atoms with Gasteiger partial charge in [-0.15, -0.1) is 6.07 Å². The number of aromatic nitrogens is 3. The Balaban J connectivity index is 0.000000810. The molecule has 3 aromatic rings. The number of rotatable bonds is 1. The second kappa shape index (κ2) is 5.19. The zero-order valence-electron chi connectivity index (χ0n) is 9.64. The molecular weight excluding hydrogens is 227 g/mol. The first kappa shape index (κ1) is 14.2. The Hall–Kier alpha value is -1.87. The molecule has 2 aromatic heterocycles. The van der Waals surface area contributed by atoms with E-state index >= 15 is 0 Å². The van der Waals surface area contributed by atoms with Gasteiger partial charge in [0, 0.05) is 0 Å². The van der Waals surface area contributed by atoms with Crippen molar-refractivity contribution < 1.29 is 29.1 Å². The standard InChI is InChI=1S/C11H7N4O.Li.H2O/c12-11-8-4-13-15-10(8)7-3-6(5-16)1-2-9(7)14-11;;/h1-4H,(H2,12,14)(H,13,15);;1H2/q-1;+1;/p-1. The summed E-state index contributed by atoms with van der Waals surface area (Å²) in [6.45, 7) is 0. The van der Waals surface area contributed by atoms with Gasteiger partial charge >= 0.3 is 18.9 Å². The number of fused-ring (bicyclic) bond motifs is 3. The molecule has 0 spiro atoms. The van der Waals surface area contributed by atoms with Crippen molar-refractivity contribution >= 4 is 33.9 Å². The molecule has 0 aliphatic heterocycles. The Morgan fingerprint density at radius 3 is 2.78 bits per heavy atom. The van der Waals surface area contributed by atoms with E-state index in [1.807, 2.05) is 6.29 Å². The largest absolute Gasteiger partial charge is 1.00 e. The fourth-order valence-corrected chi connectivity index (χ4v) is 1.77. The number of anilines is 1. The Morgan fingerprint density at radius 1 is 1.28 bits per heavy atom. The maximum absolute atomic E-state index is 10.6. The molecule has 18 heavy (non-hydrogen) atoms. The minimum Gasteiger partial charge on any atom is -0.870 e. The Labute approximate surface area is 114 Å². The average molecular weight is 235 g/mol. The van der Waals surface area contributed by atoms with E-state index in [0.29, 0.717) is 11.4 Å². The van der Waals surface area contributed by atoms with Crippen molar-refractivity contribution in [1.82, 2.24) is 15.2 Å². The Kier molecular flexibility index (Phi) is 4.09. The summed E-state index contributed by atoms with van der Waals surface area (Å²) < 4.78 is 0. The summed E-state index contributed by atoms with van der Waals surface area (Å²) in [7, 11) is 0. The van der Waals surface area contributed by atoms with Gasteiger partial charge in [0.15, 0.2) is 0 Å². The summed E-state index contributed by atoms with van der Waals surface area (Å²) >= 11 is 0. The minimum absolute atomic E-state index is 0. The van der Waals surface area contributed by atoms with Gasteiger partial charge in [0.2, 0.25) is 0 Å². The van der Waals surface area contributed by atoms with Crippen molar-refractivity contribution in [2.45, 2.75) is 0 Å². The van der Waals surface area contributed by atoms with Crippen molar-refractivity contribution in [3.8, 4) is 0 Å². The number of benzene rings is 1. The zero-order chi connectivity index (χ0) is 11.1. The van der Waals surface area contributed by atoms with Gasteiger partial charge in [-0.05, 0) is 5.39 Å². The molecule has 0 aliphatic carbocycles. The molecule has 4 N–H and O–H groups in total. The van der Waals surface area contributed by atoms with Crippen molar-refractivity contribution in [1.29, 1.82) is 0 Å². The second-order valence-corrected chi connectivity index (χ2v) is 3.49. The molecule has 0 bridgehead atoms. The molecule has 2 heterocycles. The number of nitrogens with one attached hydrogen (secondary N) is 1. The van der Waals surface area contributed by atoms with E-state index in [2.05, 4.69) is 15.2 Å².